The largest absolute Gasteiger partial charge is 0.348 e. The second kappa shape index (κ2) is 8.84. The van der Waals surface area contributed by atoms with Crippen LogP contribution in [-0.2, 0) is 30.9 Å². The summed E-state index contributed by atoms with van der Waals surface area (Å²) in [6.45, 7) is 0.376. The minimum atomic E-state index is -3.33. The first kappa shape index (κ1) is 21.6. The number of anilines is 1. The molecule has 1 aromatic heterocycles. The number of fused-ring (bicyclic) bond motifs is 1. The number of carbonyl (C=O) groups excluding carboxylic acids is 2. The van der Waals surface area contributed by atoms with Gasteiger partial charge < -0.3 is 10.6 Å². The van der Waals surface area contributed by atoms with Gasteiger partial charge in [-0.15, -0.1) is 0 Å². The zero-order chi connectivity index (χ0) is 22.0. The number of amides is 2. The van der Waals surface area contributed by atoms with Crippen molar-refractivity contribution in [3.8, 4) is 5.69 Å². The van der Waals surface area contributed by atoms with Gasteiger partial charge >= 0.3 is 11.8 Å². The van der Waals surface area contributed by atoms with Crippen LogP contribution in [0.1, 0.15) is 43.4 Å². The van der Waals surface area contributed by atoms with Gasteiger partial charge in [0.05, 0.1) is 22.9 Å². The number of benzene rings is 1. The number of hydrogen-bond donors (Lipinski definition) is 2. The van der Waals surface area contributed by atoms with Crippen molar-refractivity contribution >= 4 is 39.1 Å². The molecule has 0 saturated heterocycles. The molecule has 2 aromatic rings. The fourth-order valence-electron chi connectivity index (χ4n) is 3.85. The summed E-state index contributed by atoms with van der Waals surface area (Å²) in [6.07, 6.45) is 7.36. The number of rotatable bonds is 5. The van der Waals surface area contributed by atoms with Crippen molar-refractivity contribution < 1.29 is 18.0 Å². The van der Waals surface area contributed by atoms with Gasteiger partial charge in [-0.25, -0.2) is 13.1 Å². The van der Waals surface area contributed by atoms with Crippen LogP contribution in [0.5, 0.6) is 0 Å². The van der Waals surface area contributed by atoms with E-state index in [1.165, 1.54) is 16.7 Å². The smallest absolute Gasteiger partial charge is 0.314 e. The van der Waals surface area contributed by atoms with Crippen molar-refractivity contribution in [2.24, 2.45) is 0 Å². The predicted molar refractivity (Wildman–Crippen MR) is 118 cm³/mol. The molecule has 0 saturated carbocycles. The highest BCUT2D eigenvalue weighted by Gasteiger charge is 2.33. The van der Waals surface area contributed by atoms with E-state index in [0.29, 0.717) is 28.5 Å². The van der Waals surface area contributed by atoms with Crippen molar-refractivity contribution in [1.82, 2.24) is 15.1 Å². The summed E-state index contributed by atoms with van der Waals surface area (Å²) in [4.78, 5) is 24.9. The zero-order valence-corrected chi connectivity index (χ0v) is 18.4. The molecule has 2 heterocycles. The molecule has 2 N–H and O–H groups in total. The van der Waals surface area contributed by atoms with E-state index in [9.17, 15) is 18.0 Å². The van der Waals surface area contributed by atoms with Gasteiger partial charge in [0.1, 0.15) is 5.82 Å². The molecule has 0 atom stereocenters. The van der Waals surface area contributed by atoms with E-state index in [0.717, 1.165) is 25.7 Å². The Morgan fingerprint density at radius 3 is 2.58 bits per heavy atom. The summed E-state index contributed by atoms with van der Waals surface area (Å²) in [7, 11) is -3.33. The molecule has 2 aliphatic rings. The second-order valence-corrected chi connectivity index (χ2v) is 10.3. The molecule has 31 heavy (non-hydrogen) atoms. The number of aromatic nitrogens is 2. The maximum atomic E-state index is 12.5. The van der Waals surface area contributed by atoms with Crippen LogP contribution in [0.4, 0.5) is 5.82 Å². The van der Waals surface area contributed by atoms with Crippen LogP contribution in [0, 0.1) is 0 Å². The molecule has 8 nitrogen and oxygen atoms in total. The van der Waals surface area contributed by atoms with Crippen molar-refractivity contribution in [3.05, 3.63) is 52.2 Å². The summed E-state index contributed by atoms with van der Waals surface area (Å²) < 4.78 is 25.5. The fourth-order valence-corrected chi connectivity index (χ4v) is 5.47. The molecule has 0 unspecified atom stereocenters. The first-order valence-corrected chi connectivity index (χ1v) is 12.4. The summed E-state index contributed by atoms with van der Waals surface area (Å²) in [5, 5.41) is 10.1. The molecule has 1 aliphatic carbocycles. The van der Waals surface area contributed by atoms with Gasteiger partial charge in [-0.1, -0.05) is 23.3 Å². The minimum Gasteiger partial charge on any atom is -0.348 e. The van der Waals surface area contributed by atoms with Gasteiger partial charge in [0.25, 0.3) is 0 Å². The molecule has 2 amide bonds. The third kappa shape index (κ3) is 4.99. The van der Waals surface area contributed by atoms with Crippen LogP contribution >= 0.6 is 11.6 Å². The van der Waals surface area contributed by atoms with Crippen LogP contribution in [0.25, 0.3) is 5.69 Å². The lowest BCUT2D eigenvalue weighted by molar-refractivity contribution is -0.136. The van der Waals surface area contributed by atoms with Crippen LogP contribution in [0.2, 0.25) is 5.02 Å². The van der Waals surface area contributed by atoms with Crippen molar-refractivity contribution in [2.75, 3.05) is 11.9 Å². The molecule has 1 aromatic carbocycles. The molecule has 0 bridgehead atoms. The summed E-state index contributed by atoms with van der Waals surface area (Å²) in [6, 6.07) is 6.73. The molecule has 4 rings (SSSR count). The Kier molecular flexibility index (Phi) is 6.15. The van der Waals surface area contributed by atoms with Crippen LogP contribution in [-0.4, -0.2) is 36.6 Å². The highest BCUT2D eigenvalue weighted by atomic mass is 35.5. The quantitative estimate of drug-likeness (QED) is 0.524. The van der Waals surface area contributed by atoms with Crippen molar-refractivity contribution in [1.29, 1.82) is 0 Å². The highest BCUT2D eigenvalue weighted by Crippen LogP contribution is 2.33. The number of sulfone groups is 1. The zero-order valence-electron chi connectivity index (χ0n) is 16.9. The molecular weight excluding hydrogens is 440 g/mol. The monoisotopic (exact) mass is 462 g/mol. The molecule has 164 valence electrons. The number of halogens is 1. The number of hydrogen-bond acceptors (Lipinski definition) is 5. The fraction of sp³-hybridized carbons (Fsp3) is 0.381. The van der Waals surface area contributed by atoms with Gasteiger partial charge in [-0.3, -0.25) is 9.59 Å². The molecular formula is C21H23ClN4O4S. The Bertz CT molecular complexity index is 1150. The standard InChI is InChI=1S/C21H23ClN4O4S/c22-15-6-8-16(9-7-15)26-19(17-12-31(29,30)13-18(17)25-26)24-21(28)20(27)23-11-10-14-4-2-1-3-5-14/h4,6-9H,1-3,5,10-13H2,(H,23,27)(H,24,28). The Morgan fingerprint density at radius 2 is 1.87 bits per heavy atom. The van der Waals surface area contributed by atoms with Gasteiger partial charge in [0.15, 0.2) is 9.84 Å². The average molecular weight is 463 g/mol. The van der Waals surface area contributed by atoms with E-state index in [2.05, 4.69) is 21.8 Å². The first-order valence-electron chi connectivity index (χ1n) is 10.2. The van der Waals surface area contributed by atoms with E-state index in [1.54, 1.807) is 24.3 Å². The predicted octanol–water partition coefficient (Wildman–Crippen LogP) is 2.90. The number of nitrogens with zero attached hydrogens (tertiary/aromatic N) is 2. The molecule has 0 radical (unpaired) electrons. The first-order chi connectivity index (χ1) is 14.8. The number of carbonyl (C=O) groups is 2. The Morgan fingerprint density at radius 1 is 1.10 bits per heavy atom. The lowest BCUT2D eigenvalue weighted by Gasteiger charge is -2.13. The van der Waals surface area contributed by atoms with Crippen LogP contribution in [0.3, 0.4) is 0 Å². The maximum Gasteiger partial charge on any atom is 0.314 e. The van der Waals surface area contributed by atoms with Crippen molar-refractivity contribution in [2.45, 2.75) is 43.6 Å². The second-order valence-electron chi connectivity index (χ2n) is 7.76. The average Bonchev–Trinajstić information content (AvgIpc) is 3.21. The molecule has 0 spiro atoms. The third-order valence-electron chi connectivity index (χ3n) is 5.41. The number of allylic oxidation sites excluding steroid dienone is 1. The maximum absolute atomic E-state index is 12.5. The van der Waals surface area contributed by atoms with E-state index < -0.39 is 21.7 Å². The lowest BCUT2D eigenvalue weighted by Crippen LogP contribution is -2.36. The van der Waals surface area contributed by atoms with E-state index in [-0.39, 0.29) is 17.3 Å². The van der Waals surface area contributed by atoms with E-state index in [4.69, 9.17) is 11.6 Å². The van der Waals surface area contributed by atoms with E-state index >= 15 is 0 Å². The summed E-state index contributed by atoms with van der Waals surface area (Å²) in [5.41, 5.74) is 2.67. The Hall–Kier alpha value is -2.65. The molecule has 1 aliphatic heterocycles. The van der Waals surface area contributed by atoms with Gasteiger partial charge in [-0.2, -0.15) is 5.10 Å². The Labute approximate surface area is 185 Å². The summed E-state index contributed by atoms with van der Waals surface area (Å²) >= 11 is 5.95. The van der Waals surface area contributed by atoms with E-state index in [1.807, 2.05) is 0 Å². The minimum absolute atomic E-state index is 0.188. The van der Waals surface area contributed by atoms with Gasteiger partial charge in [-0.05, 0) is 56.4 Å². The summed E-state index contributed by atoms with van der Waals surface area (Å²) in [5.74, 6) is -1.88. The Balaban J connectivity index is 1.50. The van der Waals surface area contributed by atoms with Gasteiger partial charge in [0, 0.05) is 17.1 Å². The topological polar surface area (TPSA) is 110 Å². The van der Waals surface area contributed by atoms with Crippen LogP contribution in [0.15, 0.2) is 35.9 Å². The van der Waals surface area contributed by atoms with Crippen LogP contribution < -0.4 is 10.6 Å². The SMILES string of the molecule is O=C(NCCC1=CCCCC1)C(=O)Nc1c2c(nn1-c1ccc(Cl)cc1)CS(=O)(=O)C2. The third-order valence-corrected chi connectivity index (χ3v) is 7.11. The molecule has 0 fully saturated rings. The molecule has 10 heteroatoms. The van der Waals surface area contributed by atoms with Crippen molar-refractivity contribution in [3.63, 3.8) is 0 Å². The normalized spacial score (nSPS) is 17.0. The lowest BCUT2D eigenvalue weighted by atomic mass is 9.97. The number of nitrogens with one attached hydrogen (secondary N) is 2. The van der Waals surface area contributed by atoms with Gasteiger partial charge in [0.2, 0.25) is 0 Å². The highest BCUT2D eigenvalue weighted by molar-refractivity contribution is 7.90.